The van der Waals surface area contributed by atoms with Crippen molar-refractivity contribution >= 4 is 37.1 Å². The summed E-state index contributed by atoms with van der Waals surface area (Å²) in [5, 5.41) is 15.1. The summed E-state index contributed by atoms with van der Waals surface area (Å²) in [7, 11) is -5.94. The lowest BCUT2D eigenvalue weighted by molar-refractivity contribution is 0.194. The zero-order valence-corrected chi connectivity index (χ0v) is 17.7. The first-order valence-corrected chi connectivity index (χ1v) is 12.2. The molecule has 0 saturated carbocycles. The molecule has 10 nitrogen and oxygen atoms in total. The molecule has 0 fully saturated rings. The van der Waals surface area contributed by atoms with E-state index in [2.05, 4.69) is 15.4 Å². The zero-order valence-electron chi connectivity index (χ0n) is 15.2. The van der Waals surface area contributed by atoms with Crippen molar-refractivity contribution in [2.75, 3.05) is 6.26 Å². The lowest BCUT2D eigenvalue weighted by atomic mass is 10.1. The summed E-state index contributed by atoms with van der Waals surface area (Å²) in [5.74, 6) is 0. The molecule has 0 atom stereocenters. The minimum absolute atomic E-state index is 0.0138. The van der Waals surface area contributed by atoms with Crippen molar-refractivity contribution in [3.05, 3.63) is 41.8 Å². The zero-order chi connectivity index (χ0) is 21.4. The predicted octanol–water partition coefficient (Wildman–Crippen LogP) is 1.55. The van der Waals surface area contributed by atoms with Gasteiger partial charge in [-0.2, -0.15) is 5.10 Å². The van der Waals surface area contributed by atoms with E-state index in [1.54, 1.807) is 13.2 Å². The van der Waals surface area contributed by atoms with Gasteiger partial charge in [-0.15, -0.1) is 11.3 Å². The maximum atomic E-state index is 13.0. The second-order valence-electron chi connectivity index (χ2n) is 6.07. The lowest BCUT2D eigenvalue weighted by Crippen LogP contribution is -2.19. The summed E-state index contributed by atoms with van der Waals surface area (Å²) in [6.45, 7) is -0.122. The summed E-state index contributed by atoms with van der Waals surface area (Å²) in [5.41, 5.74) is 0.680. The molecule has 0 unspecified atom stereocenters. The first-order valence-electron chi connectivity index (χ1n) is 7.98. The number of carboxylic acid groups (broad SMARTS) is 1. The Bertz CT molecular complexity index is 1290. The number of nitrogens with zero attached hydrogens (tertiary/aromatic N) is 3. The minimum atomic E-state index is -3.98. The Morgan fingerprint density at radius 1 is 1.24 bits per heavy atom. The number of sulfone groups is 2. The van der Waals surface area contributed by atoms with Gasteiger partial charge in [0, 0.05) is 30.6 Å². The average Bonchev–Trinajstić information content (AvgIpc) is 3.28. The third-order valence-electron chi connectivity index (χ3n) is 3.86. The van der Waals surface area contributed by atoms with Gasteiger partial charge in [0.05, 0.1) is 28.7 Å². The number of nitrogens with one attached hydrogen (secondary N) is 1. The van der Waals surface area contributed by atoms with Crippen molar-refractivity contribution in [1.82, 2.24) is 20.1 Å². The van der Waals surface area contributed by atoms with E-state index in [1.165, 1.54) is 29.1 Å². The van der Waals surface area contributed by atoms with Crippen LogP contribution < -0.4 is 5.32 Å². The van der Waals surface area contributed by atoms with Crippen molar-refractivity contribution in [2.45, 2.75) is 20.5 Å². The molecule has 0 bridgehead atoms. The molecule has 0 radical (unpaired) electrons. The maximum Gasteiger partial charge on any atom is 0.405 e. The van der Waals surface area contributed by atoms with E-state index in [4.69, 9.17) is 5.11 Å². The molecule has 1 aromatic carbocycles. The van der Waals surface area contributed by atoms with Gasteiger partial charge in [0.2, 0.25) is 9.84 Å². The molecule has 154 valence electrons. The molecule has 0 aliphatic carbocycles. The van der Waals surface area contributed by atoms with Gasteiger partial charge in [-0.05, 0) is 18.2 Å². The number of hydrogen-bond acceptors (Lipinski definition) is 8. The van der Waals surface area contributed by atoms with Gasteiger partial charge in [0.1, 0.15) is 9.22 Å². The molecule has 0 spiro atoms. The van der Waals surface area contributed by atoms with E-state index in [0.717, 1.165) is 23.8 Å². The highest BCUT2D eigenvalue weighted by Crippen LogP contribution is 2.33. The van der Waals surface area contributed by atoms with Crippen LogP contribution in [0.25, 0.3) is 11.1 Å². The molecule has 3 rings (SSSR count). The van der Waals surface area contributed by atoms with Crippen LogP contribution >= 0.6 is 11.3 Å². The number of rotatable bonds is 6. The quantitative estimate of drug-likeness (QED) is 0.567. The van der Waals surface area contributed by atoms with Crippen molar-refractivity contribution in [3.63, 3.8) is 0 Å². The van der Waals surface area contributed by atoms with Crippen molar-refractivity contribution in [2.24, 2.45) is 7.05 Å². The van der Waals surface area contributed by atoms with Gasteiger partial charge in [-0.1, -0.05) is 0 Å². The van der Waals surface area contributed by atoms with Gasteiger partial charge >= 0.3 is 6.09 Å². The molecule has 2 heterocycles. The van der Waals surface area contributed by atoms with Gasteiger partial charge in [-0.3, -0.25) is 4.68 Å². The highest BCUT2D eigenvalue weighted by molar-refractivity contribution is 7.93. The average molecular weight is 457 g/mol. The molecule has 0 aliphatic rings. The molecular formula is C16H16N4O6S3. The Hall–Kier alpha value is -2.77. The third-order valence-corrected chi connectivity index (χ3v) is 8.23. The maximum absolute atomic E-state index is 13.0. The summed E-state index contributed by atoms with van der Waals surface area (Å²) in [6.07, 6.45) is 3.97. The van der Waals surface area contributed by atoms with Gasteiger partial charge in [-0.25, -0.2) is 26.6 Å². The molecule has 2 N–H and O–H groups in total. The van der Waals surface area contributed by atoms with Crippen LogP contribution in [0.4, 0.5) is 4.79 Å². The van der Waals surface area contributed by atoms with Crippen LogP contribution in [0.2, 0.25) is 0 Å². The minimum Gasteiger partial charge on any atom is -0.465 e. The smallest absolute Gasteiger partial charge is 0.405 e. The highest BCUT2D eigenvalue weighted by Gasteiger charge is 2.25. The highest BCUT2D eigenvalue weighted by atomic mass is 32.2. The second-order valence-corrected chi connectivity index (χ2v) is 11.3. The van der Waals surface area contributed by atoms with Crippen molar-refractivity contribution < 1.29 is 26.7 Å². The number of amides is 1. The molecule has 0 aliphatic heterocycles. The first-order chi connectivity index (χ1) is 13.5. The van der Waals surface area contributed by atoms with Gasteiger partial charge < -0.3 is 10.4 Å². The van der Waals surface area contributed by atoms with E-state index >= 15 is 0 Å². The van der Waals surface area contributed by atoms with Crippen molar-refractivity contribution in [3.8, 4) is 11.1 Å². The third kappa shape index (κ3) is 4.46. The molecule has 29 heavy (non-hydrogen) atoms. The monoisotopic (exact) mass is 456 g/mol. The normalized spacial score (nSPS) is 12.1. The Morgan fingerprint density at radius 3 is 2.55 bits per heavy atom. The lowest BCUT2D eigenvalue weighted by Gasteiger charge is -2.09. The number of aryl methyl sites for hydroxylation is 1. The topological polar surface area (TPSA) is 148 Å². The summed E-state index contributed by atoms with van der Waals surface area (Å²) >= 11 is 0.833. The van der Waals surface area contributed by atoms with Crippen LogP contribution in [0, 0.1) is 0 Å². The van der Waals surface area contributed by atoms with E-state index in [0.29, 0.717) is 5.56 Å². The number of hydrogen-bond donors (Lipinski definition) is 2. The molecule has 13 heteroatoms. The fourth-order valence-corrected chi connectivity index (χ4v) is 5.99. The number of thiazole rings is 1. The Balaban J connectivity index is 2.08. The largest absolute Gasteiger partial charge is 0.465 e. The van der Waals surface area contributed by atoms with Crippen LogP contribution in [0.5, 0.6) is 0 Å². The second kappa shape index (κ2) is 7.57. The molecule has 3 aromatic rings. The van der Waals surface area contributed by atoms with E-state index < -0.39 is 25.8 Å². The molecule has 0 saturated heterocycles. The van der Waals surface area contributed by atoms with E-state index in [1.807, 2.05) is 0 Å². The SMILES string of the molecule is Cn1cc(-c2cc(S(=O)(=O)c3cnc(CNC(=O)O)s3)ccc2S(C)(=O)=O)cn1. The fraction of sp³-hybridized carbons (Fsp3) is 0.188. The summed E-state index contributed by atoms with van der Waals surface area (Å²) < 4.78 is 51.7. The molecular weight excluding hydrogens is 440 g/mol. The molecule has 2 aromatic heterocycles. The Kier molecular flexibility index (Phi) is 5.47. The van der Waals surface area contributed by atoms with Gasteiger partial charge in [0.25, 0.3) is 0 Å². The van der Waals surface area contributed by atoms with E-state index in [-0.39, 0.29) is 31.1 Å². The van der Waals surface area contributed by atoms with Crippen LogP contribution in [0.15, 0.2) is 50.8 Å². The first kappa shape index (κ1) is 21.0. The standard InChI is InChI=1S/C16H16N4O6S3/c1-20-9-10(6-19-20)12-5-11(3-4-13(12)28(2,23)24)29(25,26)15-8-17-14(27-15)7-18-16(21)22/h3-6,8-9,18H,7H2,1-2H3,(H,21,22). The number of aromatic nitrogens is 3. The van der Waals surface area contributed by atoms with Crippen LogP contribution in [-0.4, -0.2) is 49.1 Å². The van der Waals surface area contributed by atoms with Crippen LogP contribution in [0.1, 0.15) is 5.01 Å². The summed E-state index contributed by atoms with van der Waals surface area (Å²) in [4.78, 5) is 14.4. The van der Waals surface area contributed by atoms with Crippen LogP contribution in [0.3, 0.4) is 0 Å². The number of carbonyl (C=O) groups is 1. The van der Waals surface area contributed by atoms with Gasteiger partial charge in [0.15, 0.2) is 9.84 Å². The number of benzene rings is 1. The summed E-state index contributed by atoms with van der Waals surface area (Å²) in [6, 6.07) is 3.76. The Labute approximate surface area is 170 Å². The fourth-order valence-electron chi connectivity index (χ4n) is 2.55. The van der Waals surface area contributed by atoms with E-state index in [9.17, 15) is 21.6 Å². The van der Waals surface area contributed by atoms with Crippen molar-refractivity contribution in [1.29, 1.82) is 0 Å². The molecule has 1 amide bonds. The predicted molar refractivity (Wildman–Crippen MR) is 104 cm³/mol. The Morgan fingerprint density at radius 2 is 1.97 bits per heavy atom. The van der Waals surface area contributed by atoms with Crippen LogP contribution in [-0.2, 0) is 33.3 Å².